The minimum Gasteiger partial charge on any atom is -0.462 e. The highest BCUT2D eigenvalue weighted by Gasteiger charge is 2.19. The molecule has 7 heteroatoms. The summed E-state index contributed by atoms with van der Waals surface area (Å²) in [7, 11) is 0. The van der Waals surface area contributed by atoms with E-state index in [9.17, 15) is 9.59 Å². The van der Waals surface area contributed by atoms with Crippen molar-refractivity contribution in [3.05, 3.63) is 49.0 Å². The molecular weight excluding hydrogens is 344 g/mol. The highest BCUT2D eigenvalue weighted by molar-refractivity contribution is 7.18. The van der Waals surface area contributed by atoms with E-state index in [-0.39, 0.29) is 23.6 Å². The molecule has 1 N–H and O–H groups in total. The van der Waals surface area contributed by atoms with Gasteiger partial charge in [0.25, 0.3) is 5.56 Å². The molecule has 0 amide bonds. The van der Waals surface area contributed by atoms with Gasteiger partial charge in [0.15, 0.2) is 0 Å². The predicted octanol–water partition coefficient (Wildman–Crippen LogP) is 3.77. The van der Waals surface area contributed by atoms with E-state index in [0.29, 0.717) is 10.2 Å². The summed E-state index contributed by atoms with van der Waals surface area (Å²) < 4.78 is 5.13. The molecule has 0 aliphatic carbocycles. The van der Waals surface area contributed by atoms with Gasteiger partial charge in [-0.1, -0.05) is 0 Å². The third kappa shape index (κ3) is 3.05. The number of nitrogens with zero attached hydrogens (tertiary/aromatic N) is 1. The van der Waals surface area contributed by atoms with Gasteiger partial charge in [0.05, 0.1) is 12.0 Å². The van der Waals surface area contributed by atoms with Gasteiger partial charge < -0.3 is 9.72 Å². The van der Waals surface area contributed by atoms with Gasteiger partial charge in [0.2, 0.25) is 0 Å². The quantitative estimate of drug-likeness (QED) is 0.568. The number of fused-ring (bicyclic) bond motifs is 1. The van der Waals surface area contributed by atoms with Crippen LogP contribution in [0.15, 0.2) is 21.6 Å². The van der Waals surface area contributed by atoms with E-state index in [1.807, 2.05) is 30.7 Å². The van der Waals surface area contributed by atoms with E-state index in [1.54, 1.807) is 13.0 Å². The first-order valence-electron chi connectivity index (χ1n) is 7.42. The molecule has 3 aromatic heterocycles. The largest absolute Gasteiger partial charge is 0.462 e. The molecule has 3 rings (SSSR count). The maximum absolute atomic E-state index is 12.5. The fourth-order valence-corrected chi connectivity index (χ4v) is 3.99. The Hall–Kier alpha value is -2.25. The van der Waals surface area contributed by atoms with E-state index in [0.717, 1.165) is 16.0 Å². The van der Waals surface area contributed by atoms with Gasteiger partial charge in [-0.15, -0.1) is 11.3 Å². The van der Waals surface area contributed by atoms with Crippen molar-refractivity contribution in [2.24, 2.45) is 0 Å². The molecule has 0 saturated carbocycles. The lowest BCUT2D eigenvalue weighted by molar-refractivity contribution is -0.136. The van der Waals surface area contributed by atoms with Crippen LogP contribution in [0, 0.1) is 13.8 Å². The van der Waals surface area contributed by atoms with Crippen LogP contribution in [0.4, 0.5) is 0 Å². The second-order valence-corrected chi connectivity index (χ2v) is 7.20. The van der Waals surface area contributed by atoms with Crippen LogP contribution in [0.2, 0.25) is 0 Å². The number of hydrogen-bond donors (Lipinski definition) is 1. The van der Waals surface area contributed by atoms with Crippen LogP contribution < -0.4 is 5.56 Å². The Morgan fingerprint density at radius 1 is 1.42 bits per heavy atom. The monoisotopic (exact) mass is 360 g/mol. The maximum Gasteiger partial charge on any atom is 0.341 e. The number of aromatic amines is 1. The number of aromatic nitrogens is 2. The fraction of sp³-hybridized carbons (Fsp3) is 0.235. The van der Waals surface area contributed by atoms with E-state index < -0.39 is 5.97 Å². The molecule has 0 aromatic carbocycles. The first-order chi connectivity index (χ1) is 11.5. The van der Waals surface area contributed by atoms with Gasteiger partial charge in [-0.2, -0.15) is 11.3 Å². The van der Waals surface area contributed by atoms with Gasteiger partial charge in [0.1, 0.15) is 16.2 Å². The van der Waals surface area contributed by atoms with Crippen LogP contribution in [-0.2, 0) is 9.53 Å². The van der Waals surface area contributed by atoms with Crippen molar-refractivity contribution in [2.75, 3.05) is 6.61 Å². The Labute approximate surface area is 146 Å². The predicted molar refractivity (Wildman–Crippen MR) is 98.5 cm³/mol. The molecule has 124 valence electrons. The Bertz CT molecular complexity index is 981. The second-order valence-electron chi connectivity index (χ2n) is 5.21. The maximum atomic E-state index is 12.5. The zero-order valence-corrected chi connectivity index (χ0v) is 15.1. The Balaban J connectivity index is 2.19. The molecule has 0 aliphatic rings. The number of carbonyl (C=O) groups excluding carboxylic acids is 1. The number of H-pyrrole nitrogens is 1. The minimum absolute atomic E-state index is 0.235. The summed E-state index contributed by atoms with van der Waals surface area (Å²) in [5, 5.41) is 4.41. The summed E-state index contributed by atoms with van der Waals surface area (Å²) in [5.74, 6) is -0.269. The molecular formula is C17H16N2O3S2. The normalized spacial score (nSPS) is 11.9. The zero-order valence-electron chi connectivity index (χ0n) is 13.5. The second kappa shape index (κ2) is 6.70. The van der Waals surface area contributed by atoms with Crippen molar-refractivity contribution in [3.63, 3.8) is 0 Å². The summed E-state index contributed by atoms with van der Waals surface area (Å²) in [4.78, 5) is 33.7. The molecule has 0 atom stereocenters. The van der Waals surface area contributed by atoms with Gasteiger partial charge in [-0.05, 0) is 54.8 Å². The minimum atomic E-state index is -0.504. The van der Waals surface area contributed by atoms with E-state index >= 15 is 0 Å². The summed E-state index contributed by atoms with van der Waals surface area (Å²) in [6.07, 6.45) is 1.69. The Kier molecular flexibility index (Phi) is 4.64. The van der Waals surface area contributed by atoms with Crippen LogP contribution in [0.1, 0.15) is 28.8 Å². The van der Waals surface area contributed by atoms with Crippen molar-refractivity contribution in [1.82, 2.24) is 9.97 Å². The molecule has 3 aromatic rings. The number of rotatable bonds is 4. The molecule has 0 fully saturated rings. The lowest BCUT2D eigenvalue weighted by Gasteiger charge is -2.06. The van der Waals surface area contributed by atoms with Crippen LogP contribution >= 0.6 is 22.7 Å². The molecule has 0 spiro atoms. The van der Waals surface area contributed by atoms with E-state index in [2.05, 4.69) is 9.97 Å². The number of carbonyl (C=O) groups is 1. The lowest BCUT2D eigenvalue weighted by Crippen LogP contribution is -2.15. The number of aryl methyl sites for hydroxylation is 2. The van der Waals surface area contributed by atoms with Gasteiger partial charge >= 0.3 is 5.97 Å². The van der Waals surface area contributed by atoms with Crippen LogP contribution in [0.3, 0.4) is 0 Å². The number of hydrogen-bond acceptors (Lipinski definition) is 6. The lowest BCUT2D eigenvalue weighted by atomic mass is 10.1. The summed E-state index contributed by atoms with van der Waals surface area (Å²) >= 11 is 2.97. The summed E-state index contributed by atoms with van der Waals surface area (Å²) in [6, 6.07) is 1.89. The topological polar surface area (TPSA) is 72.0 Å². The number of ether oxygens (including phenoxy) is 1. The summed E-state index contributed by atoms with van der Waals surface area (Å²) in [5.41, 5.74) is 1.80. The van der Waals surface area contributed by atoms with Gasteiger partial charge in [0, 0.05) is 4.88 Å². The molecule has 0 aliphatic heterocycles. The molecule has 5 nitrogen and oxygen atoms in total. The molecule has 24 heavy (non-hydrogen) atoms. The van der Waals surface area contributed by atoms with Crippen LogP contribution in [0.25, 0.3) is 21.9 Å². The van der Waals surface area contributed by atoms with Gasteiger partial charge in [-0.25, -0.2) is 9.78 Å². The van der Waals surface area contributed by atoms with E-state index in [4.69, 9.17) is 4.74 Å². The summed E-state index contributed by atoms with van der Waals surface area (Å²) in [6.45, 7) is 5.85. The average molecular weight is 360 g/mol. The highest BCUT2D eigenvalue weighted by atomic mass is 32.1. The van der Waals surface area contributed by atoms with Crippen molar-refractivity contribution >= 4 is 50.5 Å². The first kappa shape index (κ1) is 16.6. The molecule has 0 bridgehead atoms. The highest BCUT2D eigenvalue weighted by Crippen LogP contribution is 2.27. The third-order valence-corrected chi connectivity index (χ3v) is 5.45. The SMILES string of the molecule is CCOC(=O)/C(=C/c1ccsc1)c1nc2sc(C)c(C)c2c(=O)[nH]1. The van der Waals surface area contributed by atoms with Crippen molar-refractivity contribution < 1.29 is 9.53 Å². The Morgan fingerprint density at radius 3 is 2.88 bits per heavy atom. The van der Waals surface area contributed by atoms with Crippen molar-refractivity contribution in [1.29, 1.82) is 0 Å². The van der Waals surface area contributed by atoms with Crippen molar-refractivity contribution in [3.8, 4) is 0 Å². The molecule has 0 saturated heterocycles. The third-order valence-electron chi connectivity index (χ3n) is 3.64. The van der Waals surface area contributed by atoms with Gasteiger partial charge in [-0.3, -0.25) is 4.79 Å². The molecule has 3 heterocycles. The number of nitrogens with one attached hydrogen (secondary N) is 1. The first-order valence-corrected chi connectivity index (χ1v) is 9.18. The molecule has 0 unspecified atom stereocenters. The van der Waals surface area contributed by atoms with Crippen molar-refractivity contribution in [2.45, 2.75) is 20.8 Å². The zero-order chi connectivity index (χ0) is 17.3. The number of esters is 1. The average Bonchev–Trinajstić information content (AvgIpc) is 3.14. The smallest absolute Gasteiger partial charge is 0.341 e. The molecule has 0 radical (unpaired) electrons. The van der Waals surface area contributed by atoms with E-state index in [1.165, 1.54) is 22.7 Å². The van der Waals surface area contributed by atoms with Crippen LogP contribution in [-0.4, -0.2) is 22.5 Å². The fourth-order valence-electron chi connectivity index (χ4n) is 2.34. The standard InChI is InChI=1S/C17H16N2O3S2/c1-4-22-17(21)12(7-11-5-6-23-8-11)14-18-15(20)13-9(2)10(3)24-16(13)19-14/h5-8H,4H2,1-3H3,(H,18,19,20)/b12-7+. The number of thiophene rings is 2. The Morgan fingerprint density at radius 2 is 2.21 bits per heavy atom. The van der Waals surface area contributed by atoms with Crippen LogP contribution in [0.5, 0.6) is 0 Å².